The maximum absolute atomic E-state index is 9.93. The van der Waals surface area contributed by atoms with Gasteiger partial charge in [-0.2, -0.15) is 0 Å². The summed E-state index contributed by atoms with van der Waals surface area (Å²) in [5.74, 6) is 0. The molecule has 18 heavy (non-hydrogen) atoms. The summed E-state index contributed by atoms with van der Waals surface area (Å²) in [4.78, 5) is 0. The van der Waals surface area contributed by atoms with Crippen molar-refractivity contribution in [3.63, 3.8) is 0 Å². The van der Waals surface area contributed by atoms with E-state index in [1.165, 1.54) is 0 Å². The fourth-order valence-electron chi connectivity index (χ4n) is 2.15. The Kier molecular flexibility index (Phi) is 5.44. The SMILES string of the molecule is OCC(CO)NC1C[C@](O)(CO)C(O)C(O)C1O. The normalized spacial score (nSPS) is 41.3. The molecular weight excluding hydrogens is 246 g/mol. The van der Waals surface area contributed by atoms with E-state index in [0.29, 0.717) is 0 Å². The van der Waals surface area contributed by atoms with Crippen LogP contribution in [-0.2, 0) is 0 Å². The van der Waals surface area contributed by atoms with Gasteiger partial charge in [0, 0.05) is 6.04 Å². The minimum atomic E-state index is -1.94. The third-order valence-electron chi connectivity index (χ3n) is 3.37. The Balaban J connectivity index is 2.79. The van der Waals surface area contributed by atoms with Crippen LogP contribution in [0.1, 0.15) is 6.42 Å². The van der Waals surface area contributed by atoms with Crippen LogP contribution in [0.2, 0.25) is 0 Å². The van der Waals surface area contributed by atoms with Crippen LogP contribution in [0.3, 0.4) is 0 Å². The van der Waals surface area contributed by atoms with Crippen molar-refractivity contribution in [3.05, 3.63) is 0 Å². The fourth-order valence-corrected chi connectivity index (χ4v) is 2.15. The third kappa shape index (κ3) is 2.98. The summed E-state index contributed by atoms with van der Waals surface area (Å²) in [6.45, 7) is -1.56. The Morgan fingerprint density at radius 2 is 1.61 bits per heavy atom. The topological polar surface area (TPSA) is 154 Å². The number of hydrogen-bond acceptors (Lipinski definition) is 8. The molecule has 1 aliphatic rings. The van der Waals surface area contributed by atoms with Gasteiger partial charge in [-0.1, -0.05) is 0 Å². The molecule has 0 aromatic heterocycles. The van der Waals surface area contributed by atoms with Crippen LogP contribution in [0.4, 0.5) is 0 Å². The van der Waals surface area contributed by atoms with Gasteiger partial charge in [-0.15, -0.1) is 0 Å². The Bertz CT molecular complexity index is 263. The molecule has 0 aliphatic heterocycles. The molecule has 8 N–H and O–H groups in total. The molecule has 108 valence electrons. The average molecular weight is 267 g/mol. The zero-order valence-corrected chi connectivity index (χ0v) is 9.85. The van der Waals surface area contributed by atoms with Gasteiger partial charge < -0.3 is 41.1 Å². The molecule has 0 bridgehead atoms. The molecule has 0 amide bonds. The van der Waals surface area contributed by atoms with Crippen molar-refractivity contribution >= 4 is 0 Å². The van der Waals surface area contributed by atoms with Crippen molar-refractivity contribution in [2.45, 2.75) is 42.4 Å². The standard InChI is InChI=1S/C10H21NO7/c12-2-5(3-13)11-6-1-10(18,4-14)9(17)8(16)7(6)15/h5-9,11-18H,1-4H2/t6?,7?,8?,9?,10-/m0/s1. The second kappa shape index (κ2) is 6.22. The lowest BCUT2D eigenvalue weighted by Crippen LogP contribution is -2.68. The van der Waals surface area contributed by atoms with E-state index in [0.717, 1.165) is 0 Å². The highest BCUT2D eigenvalue weighted by molar-refractivity contribution is 5.05. The number of aliphatic hydroxyl groups excluding tert-OH is 6. The van der Waals surface area contributed by atoms with Crippen LogP contribution in [0.15, 0.2) is 0 Å². The lowest BCUT2D eigenvalue weighted by atomic mass is 9.76. The molecule has 0 aromatic rings. The minimum absolute atomic E-state index is 0.223. The van der Waals surface area contributed by atoms with Crippen LogP contribution >= 0.6 is 0 Å². The first-order valence-corrected chi connectivity index (χ1v) is 5.74. The van der Waals surface area contributed by atoms with Gasteiger partial charge in [0.1, 0.15) is 17.8 Å². The Morgan fingerprint density at radius 3 is 2.06 bits per heavy atom. The fraction of sp³-hybridized carbons (Fsp3) is 1.00. The van der Waals surface area contributed by atoms with E-state index in [1.54, 1.807) is 0 Å². The van der Waals surface area contributed by atoms with E-state index in [1.807, 2.05) is 0 Å². The molecular formula is C10H21NO7. The van der Waals surface area contributed by atoms with Gasteiger partial charge >= 0.3 is 0 Å². The average Bonchev–Trinajstić information content (AvgIpc) is 2.39. The van der Waals surface area contributed by atoms with E-state index in [4.69, 9.17) is 15.3 Å². The van der Waals surface area contributed by atoms with Crippen molar-refractivity contribution in [1.29, 1.82) is 0 Å². The highest BCUT2D eigenvalue weighted by Crippen LogP contribution is 2.29. The van der Waals surface area contributed by atoms with Gasteiger partial charge in [-0.25, -0.2) is 0 Å². The number of aliphatic hydroxyl groups is 7. The molecule has 0 radical (unpaired) electrons. The van der Waals surface area contributed by atoms with E-state index >= 15 is 0 Å². The molecule has 0 saturated heterocycles. The van der Waals surface area contributed by atoms with Crippen molar-refractivity contribution < 1.29 is 35.7 Å². The Hall–Kier alpha value is -0.320. The molecule has 0 aromatic carbocycles. The highest BCUT2D eigenvalue weighted by Gasteiger charge is 2.51. The molecule has 5 atom stereocenters. The van der Waals surface area contributed by atoms with Crippen LogP contribution in [-0.4, -0.2) is 91.6 Å². The van der Waals surface area contributed by atoms with Crippen molar-refractivity contribution in [3.8, 4) is 0 Å². The molecule has 0 spiro atoms. The summed E-state index contributed by atoms with van der Waals surface area (Å²) in [6, 6.07) is -1.60. The van der Waals surface area contributed by atoms with Crippen LogP contribution < -0.4 is 5.32 Å². The van der Waals surface area contributed by atoms with E-state index in [9.17, 15) is 20.4 Å². The summed E-state index contributed by atoms with van der Waals surface area (Å²) in [7, 11) is 0. The number of hydrogen-bond donors (Lipinski definition) is 8. The predicted octanol–water partition coefficient (Wildman–Crippen LogP) is -4.49. The molecule has 8 nitrogen and oxygen atoms in total. The van der Waals surface area contributed by atoms with Crippen LogP contribution in [0.5, 0.6) is 0 Å². The molecule has 8 heteroatoms. The van der Waals surface area contributed by atoms with Crippen LogP contribution in [0.25, 0.3) is 0 Å². The molecule has 0 heterocycles. The predicted molar refractivity (Wildman–Crippen MR) is 59.6 cm³/mol. The van der Waals surface area contributed by atoms with E-state index in [2.05, 4.69) is 5.32 Å². The lowest BCUT2D eigenvalue weighted by molar-refractivity contribution is -0.207. The largest absolute Gasteiger partial charge is 0.395 e. The Labute approximate surface area is 104 Å². The first-order chi connectivity index (χ1) is 8.39. The second-order valence-corrected chi connectivity index (χ2v) is 4.73. The zero-order valence-electron chi connectivity index (χ0n) is 9.85. The maximum atomic E-state index is 9.93. The van der Waals surface area contributed by atoms with Gasteiger partial charge in [0.2, 0.25) is 0 Å². The number of rotatable bonds is 5. The van der Waals surface area contributed by atoms with Crippen molar-refractivity contribution in [2.24, 2.45) is 0 Å². The van der Waals surface area contributed by atoms with Gasteiger partial charge in [0.05, 0.1) is 32.0 Å². The molecule has 1 saturated carbocycles. The summed E-state index contributed by atoms with van der Waals surface area (Å²) in [5.41, 5.74) is -1.94. The Morgan fingerprint density at radius 1 is 1.06 bits per heavy atom. The minimum Gasteiger partial charge on any atom is -0.395 e. The third-order valence-corrected chi connectivity index (χ3v) is 3.37. The molecule has 1 fully saturated rings. The van der Waals surface area contributed by atoms with Crippen LogP contribution in [0, 0.1) is 0 Å². The zero-order chi connectivity index (χ0) is 13.9. The van der Waals surface area contributed by atoms with Crippen molar-refractivity contribution in [1.82, 2.24) is 5.32 Å². The quantitative estimate of drug-likeness (QED) is 0.248. The smallest absolute Gasteiger partial charge is 0.118 e. The van der Waals surface area contributed by atoms with Crippen molar-refractivity contribution in [2.75, 3.05) is 19.8 Å². The first-order valence-electron chi connectivity index (χ1n) is 5.74. The monoisotopic (exact) mass is 267 g/mol. The second-order valence-electron chi connectivity index (χ2n) is 4.73. The van der Waals surface area contributed by atoms with Gasteiger partial charge in [-0.05, 0) is 6.42 Å². The molecule has 1 aliphatic carbocycles. The molecule has 4 unspecified atom stereocenters. The summed E-state index contributed by atoms with van der Waals surface area (Å²) in [5, 5.41) is 68.4. The number of nitrogens with one attached hydrogen (secondary N) is 1. The molecule has 1 rings (SSSR count). The summed E-state index contributed by atoms with van der Waals surface area (Å²) >= 11 is 0. The van der Waals surface area contributed by atoms with E-state index < -0.39 is 55.8 Å². The lowest BCUT2D eigenvalue weighted by Gasteiger charge is -2.46. The highest BCUT2D eigenvalue weighted by atomic mass is 16.4. The van der Waals surface area contributed by atoms with Gasteiger partial charge in [0.15, 0.2) is 0 Å². The first kappa shape index (κ1) is 15.7. The van der Waals surface area contributed by atoms with E-state index in [-0.39, 0.29) is 6.42 Å². The van der Waals surface area contributed by atoms with Gasteiger partial charge in [-0.3, -0.25) is 0 Å². The van der Waals surface area contributed by atoms with Gasteiger partial charge in [0.25, 0.3) is 0 Å². The maximum Gasteiger partial charge on any atom is 0.118 e. The summed E-state index contributed by atoms with van der Waals surface area (Å²) < 4.78 is 0. The summed E-state index contributed by atoms with van der Waals surface area (Å²) in [6.07, 6.45) is -4.91.